The number of anilines is 3. The minimum Gasteiger partial charge on any atom is -0.310 e. The molecular formula is C39H29N. The fraction of sp³-hybridized carbons (Fsp3) is 0.0769. The summed E-state index contributed by atoms with van der Waals surface area (Å²) in [5.41, 5.74) is 14.3. The van der Waals surface area contributed by atoms with E-state index < -0.39 is 0 Å². The Bertz CT molecular complexity index is 1790. The SMILES string of the molecule is C1=CC2=C(C/C=C(/c3ccccc3)C1)c1ccccc1C21c2ccccc2N(c2ccccc2)c2ccccc21. The molecular weight excluding hydrogens is 482 g/mol. The van der Waals surface area contributed by atoms with E-state index in [1.807, 2.05) is 0 Å². The average molecular weight is 512 g/mol. The zero-order chi connectivity index (χ0) is 26.5. The van der Waals surface area contributed by atoms with Crippen LogP contribution in [0, 0.1) is 0 Å². The van der Waals surface area contributed by atoms with E-state index in [9.17, 15) is 0 Å². The van der Waals surface area contributed by atoms with E-state index in [2.05, 4.69) is 157 Å². The summed E-state index contributed by atoms with van der Waals surface area (Å²) in [6.45, 7) is 0. The van der Waals surface area contributed by atoms with Crippen LogP contribution in [0.3, 0.4) is 0 Å². The maximum atomic E-state index is 2.46. The summed E-state index contributed by atoms with van der Waals surface area (Å²) in [6, 6.07) is 48.8. The van der Waals surface area contributed by atoms with Crippen LogP contribution in [-0.4, -0.2) is 0 Å². The Hall–Kier alpha value is -4.88. The van der Waals surface area contributed by atoms with Crippen molar-refractivity contribution in [1.82, 2.24) is 0 Å². The van der Waals surface area contributed by atoms with E-state index in [-0.39, 0.29) is 5.41 Å². The molecule has 40 heavy (non-hydrogen) atoms. The molecule has 0 unspecified atom stereocenters. The van der Waals surface area contributed by atoms with Gasteiger partial charge in [0.05, 0.1) is 16.8 Å². The van der Waals surface area contributed by atoms with Gasteiger partial charge in [-0.2, -0.15) is 0 Å². The Labute approximate surface area is 236 Å². The molecule has 3 aliphatic rings. The van der Waals surface area contributed by atoms with E-state index in [1.165, 1.54) is 61.6 Å². The molecule has 1 nitrogen and oxygen atoms in total. The average Bonchev–Trinajstić information content (AvgIpc) is 3.27. The van der Waals surface area contributed by atoms with Crippen molar-refractivity contribution in [3.63, 3.8) is 0 Å². The molecule has 1 spiro atoms. The molecule has 1 aliphatic heterocycles. The van der Waals surface area contributed by atoms with Crippen molar-refractivity contribution in [1.29, 1.82) is 0 Å². The largest absolute Gasteiger partial charge is 0.310 e. The number of fused-ring (bicyclic) bond motifs is 8. The molecule has 0 saturated carbocycles. The summed E-state index contributed by atoms with van der Waals surface area (Å²) in [7, 11) is 0. The Morgan fingerprint density at radius 1 is 0.525 bits per heavy atom. The van der Waals surface area contributed by atoms with Gasteiger partial charge in [0.2, 0.25) is 0 Å². The van der Waals surface area contributed by atoms with Crippen LogP contribution in [-0.2, 0) is 5.41 Å². The van der Waals surface area contributed by atoms with Gasteiger partial charge >= 0.3 is 0 Å². The Morgan fingerprint density at radius 3 is 1.80 bits per heavy atom. The van der Waals surface area contributed by atoms with Crippen molar-refractivity contribution >= 4 is 28.2 Å². The lowest BCUT2D eigenvalue weighted by Crippen LogP contribution is -2.36. The summed E-state index contributed by atoms with van der Waals surface area (Å²) in [5, 5.41) is 0. The van der Waals surface area contributed by atoms with Gasteiger partial charge in [-0.1, -0.05) is 127 Å². The summed E-state index contributed by atoms with van der Waals surface area (Å²) < 4.78 is 0. The minimum absolute atomic E-state index is 0.376. The second-order valence-electron chi connectivity index (χ2n) is 10.8. The zero-order valence-corrected chi connectivity index (χ0v) is 22.3. The number of benzene rings is 5. The molecule has 5 aromatic carbocycles. The third-order valence-corrected chi connectivity index (χ3v) is 8.82. The first-order chi connectivity index (χ1) is 19.9. The van der Waals surface area contributed by atoms with Gasteiger partial charge in [-0.05, 0) is 81.6 Å². The van der Waals surface area contributed by atoms with Gasteiger partial charge < -0.3 is 4.90 Å². The Kier molecular flexibility index (Phi) is 5.24. The summed E-state index contributed by atoms with van der Waals surface area (Å²) in [5.74, 6) is 0. The van der Waals surface area contributed by atoms with Crippen molar-refractivity contribution in [3.8, 4) is 0 Å². The third kappa shape index (κ3) is 3.21. The van der Waals surface area contributed by atoms with Gasteiger partial charge in [0.25, 0.3) is 0 Å². The molecule has 0 atom stereocenters. The first kappa shape index (κ1) is 23.0. The van der Waals surface area contributed by atoms with Crippen molar-refractivity contribution in [2.75, 3.05) is 4.90 Å². The summed E-state index contributed by atoms with van der Waals surface area (Å²) in [6.07, 6.45) is 9.12. The van der Waals surface area contributed by atoms with E-state index in [0.717, 1.165) is 12.8 Å². The molecule has 2 aliphatic carbocycles. The quantitative estimate of drug-likeness (QED) is 0.228. The van der Waals surface area contributed by atoms with Gasteiger partial charge in [-0.3, -0.25) is 0 Å². The highest BCUT2D eigenvalue weighted by Crippen LogP contribution is 2.63. The van der Waals surface area contributed by atoms with Gasteiger partial charge in [-0.25, -0.2) is 0 Å². The van der Waals surface area contributed by atoms with Crippen LogP contribution in [0.2, 0.25) is 0 Å². The molecule has 0 N–H and O–H groups in total. The van der Waals surface area contributed by atoms with E-state index in [4.69, 9.17) is 0 Å². The first-order valence-electron chi connectivity index (χ1n) is 14.2. The zero-order valence-electron chi connectivity index (χ0n) is 22.3. The Balaban J connectivity index is 1.43. The predicted molar refractivity (Wildman–Crippen MR) is 167 cm³/mol. The van der Waals surface area contributed by atoms with Crippen LogP contribution >= 0.6 is 0 Å². The second-order valence-corrected chi connectivity index (χ2v) is 10.8. The van der Waals surface area contributed by atoms with Crippen LogP contribution in [0.5, 0.6) is 0 Å². The molecule has 190 valence electrons. The highest BCUT2D eigenvalue weighted by Gasteiger charge is 2.51. The van der Waals surface area contributed by atoms with Crippen LogP contribution in [0.1, 0.15) is 40.7 Å². The highest BCUT2D eigenvalue weighted by molar-refractivity contribution is 5.96. The fourth-order valence-electron chi connectivity index (χ4n) is 7.22. The first-order valence-corrected chi connectivity index (χ1v) is 14.2. The van der Waals surface area contributed by atoms with E-state index >= 15 is 0 Å². The number of hydrogen-bond donors (Lipinski definition) is 0. The van der Waals surface area contributed by atoms with Crippen molar-refractivity contribution in [2.24, 2.45) is 0 Å². The maximum Gasteiger partial charge on any atom is 0.0751 e. The van der Waals surface area contributed by atoms with Crippen LogP contribution in [0.15, 0.2) is 157 Å². The highest BCUT2D eigenvalue weighted by atomic mass is 15.2. The third-order valence-electron chi connectivity index (χ3n) is 8.82. The Morgan fingerprint density at radius 2 is 1.10 bits per heavy atom. The number of hydrogen-bond acceptors (Lipinski definition) is 1. The molecule has 5 aromatic rings. The normalized spacial score (nSPS) is 17.7. The molecule has 0 amide bonds. The molecule has 0 saturated heterocycles. The predicted octanol–water partition coefficient (Wildman–Crippen LogP) is 10.0. The molecule has 0 fully saturated rings. The summed E-state index contributed by atoms with van der Waals surface area (Å²) in [4.78, 5) is 2.44. The van der Waals surface area contributed by atoms with E-state index in [1.54, 1.807) is 0 Å². The van der Waals surface area contributed by atoms with Gasteiger partial charge in [-0.15, -0.1) is 0 Å². The van der Waals surface area contributed by atoms with E-state index in [0.29, 0.717) is 0 Å². The fourth-order valence-corrected chi connectivity index (χ4v) is 7.22. The standard InChI is InChI=1S/C39H29N/c1-3-14-28(15-4-1)29-16-13-23-34-32(27-26-29)31-19-7-8-20-33(31)39(34)35-21-9-11-24-37(35)40(30-17-5-2-6-18-30)38-25-12-10-22-36(38)39/h1-15,17-26H,16,27H2/b23-13?,29-26+. The number of rotatable bonds is 2. The molecule has 0 aromatic heterocycles. The number of para-hydroxylation sites is 3. The molecule has 0 bridgehead atoms. The smallest absolute Gasteiger partial charge is 0.0751 e. The minimum atomic E-state index is -0.376. The number of nitrogens with zero attached hydrogens (tertiary/aromatic N) is 1. The summed E-state index contributed by atoms with van der Waals surface area (Å²) >= 11 is 0. The lowest BCUT2D eigenvalue weighted by atomic mass is 9.63. The monoisotopic (exact) mass is 511 g/mol. The van der Waals surface area contributed by atoms with Gasteiger partial charge in [0.1, 0.15) is 0 Å². The van der Waals surface area contributed by atoms with Crippen LogP contribution in [0.4, 0.5) is 17.1 Å². The van der Waals surface area contributed by atoms with Crippen molar-refractivity contribution in [3.05, 3.63) is 185 Å². The maximum absolute atomic E-state index is 2.46. The molecule has 8 rings (SSSR count). The second kappa shape index (κ2) is 9.10. The van der Waals surface area contributed by atoms with Gasteiger partial charge in [0, 0.05) is 5.69 Å². The topological polar surface area (TPSA) is 3.24 Å². The lowest BCUT2D eigenvalue weighted by molar-refractivity contribution is 0.745. The van der Waals surface area contributed by atoms with Crippen LogP contribution in [0.25, 0.3) is 11.1 Å². The lowest BCUT2D eigenvalue weighted by Gasteiger charge is -2.45. The van der Waals surface area contributed by atoms with Crippen LogP contribution < -0.4 is 4.90 Å². The molecule has 1 heteroatoms. The molecule has 0 radical (unpaired) electrons. The molecule has 1 heterocycles. The van der Waals surface area contributed by atoms with Crippen molar-refractivity contribution in [2.45, 2.75) is 18.3 Å². The van der Waals surface area contributed by atoms with Gasteiger partial charge in [0.15, 0.2) is 0 Å². The van der Waals surface area contributed by atoms with Crippen molar-refractivity contribution < 1.29 is 0 Å². The number of allylic oxidation sites excluding steroid dienone is 6.